The second-order valence-corrected chi connectivity index (χ2v) is 5.54. The van der Waals surface area contributed by atoms with E-state index in [2.05, 4.69) is 20.2 Å². The summed E-state index contributed by atoms with van der Waals surface area (Å²) in [7, 11) is 0. The van der Waals surface area contributed by atoms with Crippen LogP contribution in [0, 0.1) is 3.95 Å². The second-order valence-electron chi connectivity index (χ2n) is 3.88. The number of hydrogen-bond acceptors (Lipinski definition) is 7. The van der Waals surface area contributed by atoms with Crippen LogP contribution in [0.4, 0.5) is 0 Å². The third-order valence-electron chi connectivity index (χ3n) is 2.40. The monoisotopic (exact) mass is 332 g/mol. The van der Waals surface area contributed by atoms with Gasteiger partial charge in [0.15, 0.2) is 3.95 Å². The Morgan fingerprint density at radius 1 is 1.23 bits per heavy atom. The van der Waals surface area contributed by atoms with Crippen LogP contribution >= 0.6 is 23.6 Å². The van der Waals surface area contributed by atoms with Crippen molar-refractivity contribution in [3.8, 4) is 10.6 Å². The van der Waals surface area contributed by atoms with Gasteiger partial charge in [-0.1, -0.05) is 11.3 Å². The Hall–Kier alpha value is -2.49. The summed E-state index contributed by atoms with van der Waals surface area (Å²) in [6.45, 7) is 0. The molecule has 0 fully saturated rings. The smallest absolute Gasteiger partial charge is 0.266 e. The molecule has 3 aromatic heterocycles. The number of pyridine rings is 2. The lowest BCUT2D eigenvalue weighted by atomic mass is 10.3. The predicted octanol–water partition coefficient (Wildman–Crippen LogP) is 1.95. The second kappa shape index (κ2) is 8.08. The maximum absolute atomic E-state index is 10.7. The first kappa shape index (κ1) is 15.9. The fourth-order valence-electron chi connectivity index (χ4n) is 1.42. The summed E-state index contributed by atoms with van der Waals surface area (Å²) >= 11 is 6.36. The van der Waals surface area contributed by atoms with E-state index < -0.39 is 0 Å². The zero-order chi connectivity index (χ0) is 15.8. The van der Waals surface area contributed by atoms with Gasteiger partial charge in [-0.2, -0.15) is 5.10 Å². The number of amides is 1. The Morgan fingerprint density at radius 2 is 1.95 bits per heavy atom. The molecule has 3 aromatic rings. The number of carbonyl (C=O) groups excluding carboxylic acids is 1. The topological polar surface area (TPSA) is 110 Å². The molecule has 4 N–H and O–H groups in total. The highest BCUT2D eigenvalue weighted by molar-refractivity contribution is 7.73. The van der Waals surface area contributed by atoms with Crippen LogP contribution in [0.1, 0.15) is 10.4 Å². The quantitative estimate of drug-likeness (QED) is 0.286. The number of hydrazine groups is 1. The molecule has 0 atom stereocenters. The molecule has 0 radical (unpaired) electrons. The van der Waals surface area contributed by atoms with Crippen molar-refractivity contribution in [1.82, 2.24) is 25.6 Å². The van der Waals surface area contributed by atoms with E-state index in [4.69, 9.17) is 18.1 Å². The fourth-order valence-corrected chi connectivity index (χ4v) is 2.30. The average molecular weight is 332 g/mol. The molecule has 0 saturated heterocycles. The van der Waals surface area contributed by atoms with E-state index in [0.717, 1.165) is 10.6 Å². The number of nitrogen functional groups attached to an aromatic ring is 1. The van der Waals surface area contributed by atoms with E-state index in [9.17, 15) is 4.79 Å². The SMILES string of the molecule is NNC(=O)c1cccnc1.S=c1[nH]nc(-c2cccnc2)s1. The minimum Gasteiger partial charge on any atom is -0.290 e. The van der Waals surface area contributed by atoms with Gasteiger partial charge in [0.2, 0.25) is 0 Å². The molecule has 22 heavy (non-hydrogen) atoms. The van der Waals surface area contributed by atoms with Gasteiger partial charge in [0.25, 0.3) is 5.91 Å². The fraction of sp³-hybridized carbons (Fsp3) is 0. The van der Waals surface area contributed by atoms with E-state index in [1.807, 2.05) is 17.6 Å². The van der Waals surface area contributed by atoms with E-state index >= 15 is 0 Å². The zero-order valence-electron chi connectivity index (χ0n) is 11.3. The van der Waals surface area contributed by atoms with Crippen LogP contribution in [0.5, 0.6) is 0 Å². The van der Waals surface area contributed by atoms with Crippen LogP contribution in [0.15, 0.2) is 49.1 Å². The Bertz CT molecular complexity index is 772. The molecule has 3 rings (SSSR count). The van der Waals surface area contributed by atoms with Gasteiger partial charge in [0.05, 0.1) is 5.56 Å². The molecule has 9 heteroatoms. The maximum Gasteiger partial charge on any atom is 0.266 e. The molecule has 0 aliphatic carbocycles. The number of hydrogen-bond donors (Lipinski definition) is 3. The first-order valence-corrected chi connectivity index (χ1v) is 7.30. The van der Waals surface area contributed by atoms with E-state index in [0.29, 0.717) is 9.52 Å². The molecular formula is C13H12N6OS2. The van der Waals surface area contributed by atoms with Crippen LogP contribution in [0.25, 0.3) is 10.6 Å². The molecule has 0 saturated carbocycles. The summed E-state index contributed by atoms with van der Waals surface area (Å²) in [4.78, 5) is 18.5. The van der Waals surface area contributed by atoms with Crippen molar-refractivity contribution >= 4 is 29.5 Å². The summed E-state index contributed by atoms with van der Waals surface area (Å²) in [5, 5.41) is 7.64. The number of nitrogens with one attached hydrogen (secondary N) is 2. The first-order valence-electron chi connectivity index (χ1n) is 6.07. The van der Waals surface area contributed by atoms with E-state index in [1.165, 1.54) is 17.5 Å². The van der Waals surface area contributed by atoms with Crippen LogP contribution in [0.2, 0.25) is 0 Å². The van der Waals surface area contributed by atoms with Gasteiger partial charge in [0.1, 0.15) is 5.01 Å². The van der Waals surface area contributed by atoms with Gasteiger partial charge in [-0.3, -0.25) is 25.3 Å². The van der Waals surface area contributed by atoms with Gasteiger partial charge < -0.3 is 0 Å². The van der Waals surface area contributed by atoms with Crippen molar-refractivity contribution in [2.24, 2.45) is 5.84 Å². The number of nitrogens with zero attached hydrogens (tertiary/aromatic N) is 3. The third-order valence-corrected chi connectivity index (χ3v) is 3.54. The van der Waals surface area contributed by atoms with Crippen molar-refractivity contribution in [1.29, 1.82) is 0 Å². The molecule has 0 aliphatic rings. The number of aromatic amines is 1. The van der Waals surface area contributed by atoms with Crippen molar-refractivity contribution in [2.75, 3.05) is 0 Å². The van der Waals surface area contributed by atoms with Gasteiger partial charge >= 0.3 is 0 Å². The van der Waals surface area contributed by atoms with Crippen molar-refractivity contribution in [2.45, 2.75) is 0 Å². The summed E-state index contributed by atoms with van der Waals surface area (Å²) < 4.78 is 0.689. The number of aromatic nitrogens is 4. The average Bonchev–Trinajstić information content (AvgIpc) is 3.03. The lowest BCUT2D eigenvalue weighted by Gasteiger charge is -1.95. The minimum atomic E-state index is -0.326. The lowest BCUT2D eigenvalue weighted by Crippen LogP contribution is -2.29. The normalized spacial score (nSPS) is 9.50. The minimum absolute atomic E-state index is 0.326. The summed E-state index contributed by atoms with van der Waals surface area (Å²) in [5.41, 5.74) is 3.46. The van der Waals surface area contributed by atoms with Crippen molar-refractivity contribution in [3.63, 3.8) is 0 Å². The summed E-state index contributed by atoms with van der Waals surface area (Å²) in [5.74, 6) is 4.55. The van der Waals surface area contributed by atoms with Gasteiger partial charge in [-0.15, -0.1) is 0 Å². The highest BCUT2D eigenvalue weighted by Gasteiger charge is 2.00. The molecule has 0 aromatic carbocycles. The Kier molecular flexibility index (Phi) is 5.83. The highest BCUT2D eigenvalue weighted by atomic mass is 32.1. The first-order chi connectivity index (χ1) is 10.7. The van der Waals surface area contributed by atoms with Crippen LogP contribution in [-0.2, 0) is 0 Å². The Labute approximate surface area is 135 Å². The van der Waals surface area contributed by atoms with Crippen LogP contribution < -0.4 is 11.3 Å². The molecule has 1 amide bonds. The van der Waals surface area contributed by atoms with Gasteiger partial charge in [-0.05, 0) is 36.5 Å². The summed E-state index contributed by atoms with van der Waals surface area (Å²) in [6, 6.07) is 7.13. The molecular weight excluding hydrogens is 320 g/mol. The van der Waals surface area contributed by atoms with E-state index in [-0.39, 0.29) is 5.91 Å². The molecule has 7 nitrogen and oxygen atoms in total. The number of nitrogens with two attached hydrogens (primary N) is 1. The molecule has 3 heterocycles. The molecule has 0 unspecified atom stereocenters. The van der Waals surface area contributed by atoms with Crippen molar-refractivity contribution in [3.05, 3.63) is 58.6 Å². The third kappa shape index (κ3) is 4.52. The van der Waals surface area contributed by atoms with Crippen molar-refractivity contribution < 1.29 is 4.79 Å². The zero-order valence-corrected chi connectivity index (χ0v) is 12.9. The predicted molar refractivity (Wildman–Crippen MR) is 86.4 cm³/mol. The Morgan fingerprint density at radius 3 is 2.45 bits per heavy atom. The lowest BCUT2D eigenvalue weighted by molar-refractivity contribution is 0.0953. The molecule has 0 aliphatic heterocycles. The molecule has 0 spiro atoms. The molecule has 0 bridgehead atoms. The van der Waals surface area contributed by atoms with Gasteiger partial charge in [0, 0.05) is 30.4 Å². The highest BCUT2D eigenvalue weighted by Crippen LogP contribution is 2.19. The number of rotatable bonds is 2. The largest absolute Gasteiger partial charge is 0.290 e. The maximum atomic E-state index is 10.7. The number of carbonyl (C=O) groups is 1. The van der Waals surface area contributed by atoms with Gasteiger partial charge in [-0.25, -0.2) is 5.84 Å². The Balaban J connectivity index is 0.000000164. The van der Waals surface area contributed by atoms with Crippen LogP contribution in [0.3, 0.4) is 0 Å². The number of H-pyrrole nitrogens is 1. The van der Waals surface area contributed by atoms with E-state index in [1.54, 1.807) is 30.7 Å². The standard InChI is InChI=1S/C7H5N3S2.C6H7N3O/c11-7-10-9-6(12-7)5-2-1-3-8-4-5;7-9-6(10)5-2-1-3-8-4-5/h1-4H,(H,10,11);1-4H,7H2,(H,9,10). The molecule has 112 valence electrons. The van der Waals surface area contributed by atoms with Crippen LogP contribution in [-0.4, -0.2) is 26.1 Å². The summed E-state index contributed by atoms with van der Waals surface area (Å²) in [6.07, 6.45) is 6.53.